The molecule has 0 saturated heterocycles. The smallest absolute Gasteiger partial charge is 0.162 e. The van der Waals surface area contributed by atoms with Gasteiger partial charge in [-0.25, -0.2) is 0 Å². The molecule has 2 nitrogen and oxygen atoms in total. The molecule has 0 heterocycles. The van der Waals surface area contributed by atoms with Crippen LogP contribution in [0.25, 0.3) is 0 Å². The van der Waals surface area contributed by atoms with E-state index in [4.69, 9.17) is 28.4 Å². The summed E-state index contributed by atoms with van der Waals surface area (Å²) in [5, 5.41) is 10.1. The highest BCUT2D eigenvalue weighted by molar-refractivity contribution is 6.70. The van der Waals surface area contributed by atoms with Gasteiger partial charge in [-0.2, -0.15) is 0 Å². The number of nitrogens with zero attached hydrogens (tertiary/aromatic N) is 1. The molecule has 0 saturated carbocycles. The summed E-state index contributed by atoms with van der Waals surface area (Å²) in [4.78, 5) is 0. The number of rotatable bonds is 1. The SMILES string of the molecule is CC(Cl)/C(Cl)=N/O. The van der Waals surface area contributed by atoms with Gasteiger partial charge in [0.1, 0.15) is 0 Å². The summed E-state index contributed by atoms with van der Waals surface area (Å²) in [7, 11) is 0. The normalized spacial score (nSPS) is 16.7. The van der Waals surface area contributed by atoms with Gasteiger partial charge in [-0.05, 0) is 6.92 Å². The molecule has 0 amide bonds. The van der Waals surface area contributed by atoms with E-state index in [1.54, 1.807) is 6.92 Å². The predicted molar refractivity (Wildman–Crippen MR) is 30.4 cm³/mol. The molecule has 42 valence electrons. The summed E-state index contributed by atoms with van der Waals surface area (Å²) >= 11 is 10.5. The van der Waals surface area contributed by atoms with Crippen LogP contribution in [0.4, 0.5) is 0 Å². The summed E-state index contributed by atoms with van der Waals surface area (Å²) in [5.41, 5.74) is 0. The van der Waals surface area contributed by atoms with Gasteiger partial charge in [-0.1, -0.05) is 16.8 Å². The lowest BCUT2D eigenvalue weighted by molar-refractivity contribution is 0.319. The fourth-order valence-corrected chi connectivity index (χ4v) is 0.123. The standard InChI is InChI=1S/C3H5Cl2NO/c1-2(4)3(5)6-7/h2,7H,1H3/b6-3-. The molecule has 0 aromatic rings. The molecular formula is C3H5Cl2NO. The minimum absolute atomic E-state index is 0.0154. The highest BCUT2D eigenvalue weighted by atomic mass is 35.5. The Labute approximate surface area is 51.7 Å². The Morgan fingerprint density at radius 1 is 1.86 bits per heavy atom. The summed E-state index contributed by atoms with van der Waals surface area (Å²) in [6.45, 7) is 1.61. The van der Waals surface area contributed by atoms with Crippen molar-refractivity contribution < 1.29 is 5.21 Å². The van der Waals surface area contributed by atoms with E-state index >= 15 is 0 Å². The number of alkyl halides is 1. The molecule has 0 radical (unpaired) electrons. The van der Waals surface area contributed by atoms with Crippen LogP contribution in [0.5, 0.6) is 0 Å². The van der Waals surface area contributed by atoms with E-state index in [0.29, 0.717) is 0 Å². The second-order valence-electron chi connectivity index (χ2n) is 1.04. The van der Waals surface area contributed by atoms with Gasteiger partial charge in [0.05, 0.1) is 5.38 Å². The molecule has 7 heavy (non-hydrogen) atoms. The van der Waals surface area contributed by atoms with Gasteiger partial charge in [0.2, 0.25) is 0 Å². The van der Waals surface area contributed by atoms with Gasteiger partial charge < -0.3 is 5.21 Å². The first kappa shape index (κ1) is 7.05. The largest absolute Gasteiger partial charge is 0.410 e. The monoisotopic (exact) mass is 141 g/mol. The Morgan fingerprint density at radius 3 is 2.29 bits per heavy atom. The van der Waals surface area contributed by atoms with Crippen LogP contribution >= 0.6 is 23.2 Å². The van der Waals surface area contributed by atoms with Crippen LogP contribution in [0, 0.1) is 0 Å². The highest BCUT2D eigenvalue weighted by Gasteiger charge is 2.00. The first-order valence-electron chi connectivity index (χ1n) is 1.70. The predicted octanol–water partition coefficient (Wildman–Crippen LogP) is 1.64. The zero-order valence-electron chi connectivity index (χ0n) is 3.73. The molecular weight excluding hydrogens is 137 g/mol. The molecule has 0 aromatic heterocycles. The van der Waals surface area contributed by atoms with Crippen molar-refractivity contribution in [2.45, 2.75) is 12.3 Å². The van der Waals surface area contributed by atoms with Crippen molar-refractivity contribution in [3.05, 3.63) is 0 Å². The zero-order valence-corrected chi connectivity index (χ0v) is 5.24. The summed E-state index contributed by atoms with van der Waals surface area (Å²) < 4.78 is 0. The van der Waals surface area contributed by atoms with Gasteiger partial charge in [-0.3, -0.25) is 0 Å². The van der Waals surface area contributed by atoms with Crippen molar-refractivity contribution in [3.63, 3.8) is 0 Å². The Balaban J connectivity index is 3.56. The number of oxime groups is 1. The molecule has 0 aliphatic rings. The highest BCUT2D eigenvalue weighted by Crippen LogP contribution is 1.99. The van der Waals surface area contributed by atoms with E-state index in [1.165, 1.54) is 0 Å². The molecule has 0 aliphatic heterocycles. The molecule has 0 aliphatic carbocycles. The van der Waals surface area contributed by atoms with Gasteiger partial charge in [0, 0.05) is 0 Å². The second-order valence-corrected chi connectivity index (χ2v) is 2.08. The van der Waals surface area contributed by atoms with E-state index in [0.717, 1.165) is 0 Å². The Hall–Kier alpha value is 0.0500. The van der Waals surface area contributed by atoms with Crippen molar-refractivity contribution in [1.29, 1.82) is 0 Å². The molecule has 1 N–H and O–H groups in total. The van der Waals surface area contributed by atoms with Crippen molar-refractivity contribution >= 4 is 28.4 Å². The lowest BCUT2D eigenvalue weighted by atomic mass is 10.5. The van der Waals surface area contributed by atoms with Crippen LogP contribution in [0.3, 0.4) is 0 Å². The van der Waals surface area contributed by atoms with Crippen LogP contribution in [-0.2, 0) is 0 Å². The average molecular weight is 142 g/mol. The first-order valence-corrected chi connectivity index (χ1v) is 2.51. The minimum atomic E-state index is -0.397. The molecule has 0 rings (SSSR count). The maximum atomic E-state index is 7.88. The van der Waals surface area contributed by atoms with Gasteiger partial charge in [-0.15, -0.1) is 11.6 Å². The summed E-state index contributed by atoms with van der Waals surface area (Å²) in [6, 6.07) is 0. The van der Waals surface area contributed by atoms with Crippen molar-refractivity contribution in [3.8, 4) is 0 Å². The van der Waals surface area contributed by atoms with E-state index in [2.05, 4.69) is 5.16 Å². The fraction of sp³-hybridized carbons (Fsp3) is 0.667. The zero-order chi connectivity index (χ0) is 5.86. The third-order valence-electron chi connectivity index (χ3n) is 0.424. The van der Waals surface area contributed by atoms with E-state index in [-0.39, 0.29) is 5.17 Å². The lowest BCUT2D eigenvalue weighted by Crippen LogP contribution is -2.00. The van der Waals surface area contributed by atoms with Crippen molar-refractivity contribution in [2.24, 2.45) is 5.16 Å². The molecule has 0 aromatic carbocycles. The average Bonchev–Trinajstić information content (AvgIpc) is 1.65. The topological polar surface area (TPSA) is 32.6 Å². The molecule has 0 bridgehead atoms. The van der Waals surface area contributed by atoms with E-state index < -0.39 is 5.38 Å². The van der Waals surface area contributed by atoms with Gasteiger partial charge in [0.25, 0.3) is 0 Å². The quantitative estimate of drug-likeness (QED) is 0.256. The van der Waals surface area contributed by atoms with Crippen molar-refractivity contribution in [2.75, 3.05) is 0 Å². The number of hydrogen-bond acceptors (Lipinski definition) is 2. The van der Waals surface area contributed by atoms with Crippen molar-refractivity contribution in [1.82, 2.24) is 0 Å². The fourth-order valence-electron chi connectivity index (χ4n) is 0.0796. The third kappa shape index (κ3) is 2.71. The molecule has 1 atom stereocenters. The van der Waals surface area contributed by atoms with E-state index in [1.807, 2.05) is 0 Å². The number of halogens is 2. The van der Waals surface area contributed by atoms with E-state index in [9.17, 15) is 0 Å². The summed E-state index contributed by atoms with van der Waals surface area (Å²) in [6.07, 6.45) is 0. The maximum absolute atomic E-state index is 7.88. The van der Waals surface area contributed by atoms with Crippen LogP contribution in [0.2, 0.25) is 0 Å². The summed E-state index contributed by atoms with van der Waals surface area (Å²) in [5.74, 6) is 0. The van der Waals surface area contributed by atoms with Crippen LogP contribution in [0.15, 0.2) is 5.16 Å². The van der Waals surface area contributed by atoms with Crippen LogP contribution < -0.4 is 0 Å². The Morgan fingerprint density at radius 2 is 2.29 bits per heavy atom. The molecule has 0 spiro atoms. The minimum Gasteiger partial charge on any atom is -0.410 e. The van der Waals surface area contributed by atoms with Gasteiger partial charge in [0.15, 0.2) is 5.17 Å². The molecule has 0 fully saturated rings. The lowest BCUT2D eigenvalue weighted by Gasteiger charge is -1.91. The third-order valence-corrected chi connectivity index (χ3v) is 1.15. The second kappa shape index (κ2) is 3.10. The van der Waals surface area contributed by atoms with Crippen LogP contribution in [-0.4, -0.2) is 15.8 Å². The Kier molecular flexibility index (Phi) is 3.13. The maximum Gasteiger partial charge on any atom is 0.162 e. The van der Waals surface area contributed by atoms with Crippen LogP contribution in [0.1, 0.15) is 6.92 Å². The van der Waals surface area contributed by atoms with Gasteiger partial charge >= 0.3 is 0 Å². The Bertz CT molecular complexity index is 81.0. The number of hydrogen-bond donors (Lipinski definition) is 1. The first-order chi connectivity index (χ1) is 3.18. The molecule has 4 heteroatoms. The molecule has 1 unspecified atom stereocenters.